The molecule has 0 heterocycles. The monoisotopic (exact) mass is 282 g/mol. The van der Waals surface area contributed by atoms with Crippen molar-refractivity contribution in [2.24, 2.45) is 10.7 Å². The third-order valence-electron chi connectivity index (χ3n) is 3.66. The van der Waals surface area contributed by atoms with Crippen LogP contribution in [-0.2, 0) is 0 Å². The summed E-state index contributed by atoms with van der Waals surface area (Å²) in [5, 5.41) is 0. The average molecular weight is 282 g/mol. The minimum atomic E-state index is -0.584. The lowest BCUT2D eigenvalue weighted by Gasteiger charge is -2.02. The van der Waals surface area contributed by atoms with Gasteiger partial charge < -0.3 is 5.73 Å². The Morgan fingerprint density at radius 3 is 1.60 bits per heavy atom. The van der Waals surface area contributed by atoms with Gasteiger partial charge in [-0.3, -0.25) is 0 Å². The second kappa shape index (κ2) is 16.2. The van der Waals surface area contributed by atoms with Gasteiger partial charge in [0, 0.05) is 6.21 Å². The van der Waals surface area contributed by atoms with E-state index in [9.17, 15) is 4.79 Å². The molecule has 0 rings (SSSR count). The molecule has 0 saturated carbocycles. The molecule has 118 valence electrons. The van der Waals surface area contributed by atoms with Crippen molar-refractivity contribution in [2.75, 3.05) is 0 Å². The van der Waals surface area contributed by atoms with E-state index in [1.54, 1.807) is 6.21 Å². The highest BCUT2D eigenvalue weighted by Crippen LogP contribution is 2.12. The standard InChI is InChI=1S/C17H34N2O/c1-2-3-4-5-6-7-8-9-10-11-12-13-14-15-16-19-17(18)20/h16H,2-15H2,1H3,(H2,18,20). The van der Waals surface area contributed by atoms with Crippen molar-refractivity contribution in [3.05, 3.63) is 0 Å². The molecular formula is C17H34N2O. The zero-order valence-electron chi connectivity index (χ0n) is 13.4. The Morgan fingerprint density at radius 2 is 1.20 bits per heavy atom. The molecule has 20 heavy (non-hydrogen) atoms. The first-order valence-electron chi connectivity index (χ1n) is 8.59. The van der Waals surface area contributed by atoms with E-state index >= 15 is 0 Å². The zero-order valence-corrected chi connectivity index (χ0v) is 13.4. The number of hydrogen-bond acceptors (Lipinski definition) is 1. The molecule has 0 fully saturated rings. The third-order valence-corrected chi connectivity index (χ3v) is 3.66. The summed E-state index contributed by atoms with van der Waals surface area (Å²) in [6, 6.07) is -0.584. The quantitative estimate of drug-likeness (QED) is 0.326. The number of urea groups is 1. The molecule has 0 aliphatic rings. The average Bonchev–Trinajstić information content (AvgIpc) is 2.43. The van der Waals surface area contributed by atoms with Crippen LogP contribution >= 0.6 is 0 Å². The zero-order chi connectivity index (χ0) is 14.9. The Bertz CT molecular complexity index is 239. The van der Waals surface area contributed by atoms with Crippen LogP contribution in [-0.4, -0.2) is 12.2 Å². The summed E-state index contributed by atoms with van der Waals surface area (Å²) < 4.78 is 0. The normalized spacial score (nSPS) is 11.2. The third kappa shape index (κ3) is 17.1. The molecule has 3 nitrogen and oxygen atoms in total. The lowest BCUT2D eigenvalue weighted by molar-refractivity contribution is 0.257. The second-order valence-corrected chi connectivity index (χ2v) is 5.68. The highest BCUT2D eigenvalue weighted by molar-refractivity contribution is 5.81. The number of nitrogens with two attached hydrogens (primary N) is 1. The number of carbonyl (C=O) groups excluding carboxylic acids is 1. The van der Waals surface area contributed by atoms with Crippen LogP contribution in [0.3, 0.4) is 0 Å². The van der Waals surface area contributed by atoms with Crippen LogP contribution in [0.15, 0.2) is 4.99 Å². The number of carbonyl (C=O) groups is 1. The number of primary amides is 1. The molecule has 0 atom stereocenters. The van der Waals surface area contributed by atoms with Crippen LogP contribution in [0.2, 0.25) is 0 Å². The van der Waals surface area contributed by atoms with Crippen LogP contribution in [0, 0.1) is 0 Å². The van der Waals surface area contributed by atoms with Crippen molar-refractivity contribution >= 4 is 12.2 Å². The van der Waals surface area contributed by atoms with Crippen molar-refractivity contribution < 1.29 is 4.79 Å². The largest absolute Gasteiger partial charge is 0.350 e. The minimum absolute atomic E-state index is 0.584. The number of hydrogen-bond donors (Lipinski definition) is 1. The Morgan fingerprint density at radius 1 is 0.800 bits per heavy atom. The molecule has 2 N–H and O–H groups in total. The minimum Gasteiger partial charge on any atom is -0.350 e. The molecule has 2 amide bonds. The maximum absolute atomic E-state index is 10.4. The van der Waals surface area contributed by atoms with Gasteiger partial charge in [0.2, 0.25) is 0 Å². The Kier molecular flexibility index (Phi) is 15.5. The number of amides is 2. The maximum atomic E-state index is 10.4. The van der Waals surface area contributed by atoms with Gasteiger partial charge in [0.1, 0.15) is 0 Å². The van der Waals surface area contributed by atoms with Gasteiger partial charge in [-0.1, -0.05) is 84.0 Å². The predicted octanol–water partition coefficient (Wildman–Crippen LogP) is 5.62. The fraction of sp³-hybridized carbons (Fsp3) is 0.882. The highest BCUT2D eigenvalue weighted by Gasteiger charge is 1.93. The molecule has 0 saturated heterocycles. The number of aliphatic imine (C=N–C) groups is 1. The smallest absolute Gasteiger partial charge is 0.337 e. The summed E-state index contributed by atoms with van der Waals surface area (Å²) in [6.07, 6.45) is 20.2. The van der Waals surface area contributed by atoms with Crippen molar-refractivity contribution in [2.45, 2.75) is 96.8 Å². The summed E-state index contributed by atoms with van der Waals surface area (Å²) in [5.74, 6) is 0. The van der Waals surface area contributed by atoms with Crippen molar-refractivity contribution in [3.63, 3.8) is 0 Å². The molecule has 0 aromatic rings. The number of rotatable bonds is 14. The van der Waals surface area contributed by atoms with Gasteiger partial charge in [-0.05, 0) is 12.8 Å². The van der Waals surface area contributed by atoms with Crippen LogP contribution in [0.1, 0.15) is 96.8 Å². The molecule has 0 radical (unpaired) electrons. The van der Waals surface area contributed by atoms with Gasteiger partial charge in [0.25, 0.3) is 0 Å². The van der Waals surface area contributed by atoms with E-state index in [-0.39, 0.29) is 0 Å². The fourth-order valence-electron chi connectivity index (χ4n) is 2.41. The first kappa shape index (κ1) is 19.1. The molecule has 0 aromatic heterocycles. The van der Waals surface area contributed by atoms with E-state index in [0.717, 1.165) is 12.8 Å². The lowest BCUT2D eigenvalue weighted by Crippen LogP contribution is -2.03. The number of nitrogens with zero attached hydrogens (tertiary/aromatic N) is 1. The summed E-state index contributed by atoms with van der Waals surface area (Å²) in [4.78, 5) is 13.9. The van der Waals surface area contributed by atoms with Crippen molar-refractivity contribution in [1.29, 1.82) is 0 Å². The van der Waals surface area contributed by atoms with E-state index in [1.807, 2.05) is 0 Å². The van der Waals surface area contributed by atoms with Crippen LogP contribution in [0.5, 0.6) is 0 Å². The molecular weight excluding hydrogens is 248 g/mol. The first-order valence-corrected chi connectivity index (χ1v) is 8.59. The predicted molar refractivity (Wildman–Crippen MR) is 88.4 cm³/mol. The summed E-state index contributed by atoms with van der Waals surface area (Å²) in [7, 11) is 0. The first-order chi connectivity index (χ1) is 9.77. The van der Waals surface area contributed by atoms with E-state index in [1.165, 1.54) is 77.0 Å². The van der Waals surface area contributed by atoms with Gasteiger partial charge in [0.15, 0.2) is 0 Å². The SMILES string of the molecule is CCCCCCCCCCCCCCCC=NC(N)=O. The summed E-state index contributed by atoms with van der Waals surface area (Å²) in [6.45, 7) is 2.27. The molecule has 0 unspecified atom stereocenters. The molecule has 3 heteroatoms. The fourth-order valence-corrected chi connectivity index (χ4v) is 2.41. The molecule has 0 spiro atoms. The molecule has 0 aliphatic carbocycles. The van der Waals surface area contributed by atoms with Gasteiger partial charge in [0.05, 0.1) is 0 Å². The lowest BCUT2D eigenvalue weighted by atomic mass is 10.0. The summed E-state index contributed by atoms with van der Waals surface area (Å²) in [5.41, 5.74) is 4.91. The summed E-state index contributed by atoms with van der Waals surface area (Å²) >= 11 is 0. The second-order valence-electron chi connectivity index (χ2n) is 5.68. The van der Waals surface area contributed by atoms with Gasteiger partial charge in [-0.15, -0.1) is 0 Å². The van der Waals surface area contributed by atoms with Crippen LogP contribution in [0.25, 0.3) is 0 Å². The van der Waals surface area contributed by atoms with Crippen LogP contribution < -0.4 is 5.73 Å². The van der Waals surface area contributed by atoms with Crippen molar-refractivity contribution in [3.8, 4) is 0 Å². The highest BCUT2D eigenvalue weighted by atomic mass is 16.2. The Hall–Kier alpha value is -0.860. The topological polar surface area (TPSA) is 55.4 Å². The van der Waals surface area contributed by atoms with Gasteiger partial charge in [-0.25, -0.2) is 9.79 Å². The molecule has 0 aliphatic heterocycles. The molecule has 0 aromatic carbocycles. The van der Waals surface area contributed by atoms with Gasteiger partial charge >= 0.3 is 6.03 Å². The Labute approximate surface area is 125 Å². The van der Waals surface area contributed by atoms with E-state index in [2.05, 4.69) is 11.9 Å². The Balaban J connectivity index is 3.01. The van der Waals surface area contributed by atoms with Crippen LogP contribution in [0.4, 0.5) is 4.79 Å². The molecule has 0 bridgehead atoms. The number of unbranched alkanes of at least 4 members (excludes halogenated alkanes) is 13. The van der Waals surface area contributed by atoms with E-state index < -0.39 is 6.03 Å². The maximum Gasteiger partial charge on any atom is 0.337 e. The van der Waals surface area contributed by atoms with Crippen molar-refractivity contribution in [1.82, 2.24) is 0 Å². The van der Waals surface area contributed by atoms with Gasteiger partial charge in [-0.2, -0.15) is 0 Å². The van der Waals surface area contributed by atoms with E-state index in [4.69, 9.17) is 5.73 Å². The van der Waals surface area contributed by atoms with E-state index in [0.29, 0.717) is 0 Å².